The van der Waals surface area contributed by atoms with Crippen molar-refractivity contribution in [1.82, 2.24) is 9.62 Å². The second-order valence-corrected chi connectivity index (χ2v) is 11.5. The summed E-state index contributed by atoms with van der Waals surface area (Å²) in [6.45, 7) is 3.02. The summed E-state index contributed by atoms with van der Waals surface area (Å²) < 4.78 is 27.4. The summed E-state index contributed by atoms with van der Waals surface area (Å²) in [6.07, 6.45) is 4.23. The van der Waals surface area contributed by atoms with E-state index in [1.807, 2.05) is 6.92 Å². The molecule has 0 spiro atoms. The molecule has 33 heavy (non-hydrogen) atoms. The topological polar surface area (TPSA) is 139 Å². The fraction of sp³-hybridized carbons (Fsp3) is 0.409. The van der Waals surface area contributed by atoms with E-state index in [0.29, 0.717) is 30.4 Å². The molecule has 9 nitrogen and oxygen atoms in total. The van der Waals surface area contributed by atoms with Gasteiger partial charge in [0, 0.05) is 23.5 Å². The van der Waals surface area contributed by atoms with Crippen LogP contribution >= 0.6 is 11.3 Å². The molecule has 1 fully saturated rings. The summed E-state index contributed by atoms with van der Waals surface area (Å²) in [5.74, 6) is -0.806. The highest BCUT2D eigenvalue weighted by Crippen LogP contribution is 2.39. The molecule has 2 aromatic rings. The number of amides is 4. The number of carbonyl (C=O) groups is 3. The zero-order chi connectivity index (χ0) is 23.8. The number of urea groups is 1. The summed E-state index contributed by atoms with van der Waals surface area (Å²) in [7, 11) is -3.62. The van der Waals surface area contributed by atoms with Crippen molar-refractivity contribution in [2.75, 3.05) is 18.4 Å². The average Bonchev–Trinajstić information content (AvgIpc) is 3.34. The standard InChI is InChI=1S/C22H26N4O5S2/c1-13-4-3-11-26(12-13)33(30,31)15-9-7-14(8-10-15)19(27)24-21-18(20(28)25-22(23)29)16-5-2-6-17(16)32-21/h7-10,13H,2-6,11-12H2,1H3,(H,24,27)(H3,23,25,28,29). The Labute approximate surface area is 196 Å². The van der Waals surface area contributed by atoms with Crippen molar-refractivity contribution in [3.8, 4) is 0 Å². The van der Waals surface area contributed by atoms with Crippen LogP contribution in [0, 0.1) is 5.92 Å². The third-order valence-corrected chi connectivity index (χ3v) is 9.07. The van der Waals surface area contributed by atoms with Crippen molar-refractivity contribution in [3.05, 3.63) is 45.8 Å². The number of piperidine rings is 1. The molecule has 0 radical (unpaired) electrons. The van der Waals surface area contributed by atoms with E-state index >= 15 is 0 Å². The molecule has 4 rings (SSSR count). The fourth-order valence-electron chi connectivity index (χ4n) is 4.37. The van der Waals surface area contributed by atoms with Gasteiger partial charge in [-0.3, -0.25) is 14.9 Å². The SMILES string of the molecule is CC1CCCN(S(=O)(=O)c2ccc(C(=O)Nc3sc4c(c3C(=O)NC(N)=O)CCC4)cc2)C1. The monoisotopic (exact) mass is 490 g/mol. The van der Waals surface area contributed by atoms with Crippen LogP contribution in [0.4, 0.5) is 9.80 Å². The van der Waals surface area contributed by atoms with E-state index in [1.165, 1.54) is 39.9 Å². The third kappa shape index (κ3) is 4.80. The van der Waals surface area contributed by atoms with Gasteiger partial charge in [-0.2, -0.15) is 4.31 Å². The highest BCUT2D eigenvalue weighted by Gasteiger charge is 2.30. The van der Waals surface area contributed by atoms with Crippen molar-refractivity contribution >= 4 is 44.2 Å². The number of primary amides is 1. The lowest BCUT2D eigenvalue weighted by molar-refractivity contribution is 0.0966. The number of benzene rings is 1. The van der Waals surface area contributed by atoms with Crippen molar-refractivity contribution < 1.29 is 22.8 Å². The van der Waals surface area contributed by atoms with Crippen molar-refractivity contribution in [2.24, 2.45) is 11.7 Å². The Kier molecular flexibility index (Phi) is 6.55. The molecule has 1 aliphatic carbocycles. The number of thiophene rings is 1. The van der Waals surface area contributed by atoms with Gasteiger partial charge in [0.05, 0.1) is 10.5 Å². The molecule has 11 heteroatoms. The maximum Gasteiger partial charge on any atom is 0.319 e. The molecule has 0 saturated carbocycles. The van der Waals surface area contributed by atoms with Crippen LogP contribution < -0.4 is 16.4 Å². The zero-order valence-electron chi connectivity index (χ0n) is 18.2. The van der Waals surface area contributed by atoms with Gasteiger partial charge >= 0.3 is 6.03 Å². The lowest BCUT2D eigenvalue weighted by Gasteiger charge is -2.30. The summed E-state index contributed by atoms with van der Waals surface area (Å²) in [5, 5.41) is 5.16. The molecule has 176 valence electrons. The first kappa shape index (κ1) is 23.4. The smallest absolute Gasteiger partial charge is 0.319 e. The second kappa shape index (κ2) is 9.24. The normalized spacial score (nSPS) is 18.5. The summed E-state index contributed by atoms with van der Waals surface area (Å²) in [6, 6.07) is 4.81. The van der Waals surface area contributed by atoms with E-state index in [0.717, 1.165) is 36.1 Å². The van der Waals surface area contributed by atoms with E-state index in [9.17, 15) is 22.8 Å². The summed E-state index contributed by atoms with van der Waals surface area (Å²) in [5.41, 5.74) is 6.44. The minimum absolute atomic E-state index is 0.143. The van der Waals surface area contributed by atoms with Crippen LogP contribution in [0.25, 0.3) is 0 Å². The molecule has 1 aromatic heterocycles. The van der Waals surface area contributed by atoms with Crippen LogP contribution in [0.15, 0.2) is 29.2 Å². The summed E-state index contributed by atoms with van der Waals surface area (Å²) >= 11 is 1.31. The van der Waals surface area contributed by atoms with E-state index in [-0.39, 0.29) is 16.0 Å². The van der Waals surface area contributed by atoms with Crippen molar-refractivity contribution in [2.45, 2.75) is 43.9 Å². The van der Waals surface area contributed by atoms with Gasteiger partial charge in [0.15, 0.2) is 0 Å². The van der Waals surface area contributed by atoms with Gasteiger partial charge in [-0.1, -0.05) is 6.92 Å². The lowest BCUT2D eigenvalue weighted by atomic mass is 10.0. The van der Waals surface area contributed by atoms with Crippen molar-refractivity contribution in [1.29, 1.82) is 0 Å². The van der Waals surface area contributed by atoms with Gasteiger partial charge in [-0.15, -0.1) is 11.3 Å². The molecular formula is C22H26N4O5S2. The number of rotatable bonds is 5. The summed E-state index contributed by atoms with van der Waals surface area (Å²) in [4.78, 5) is 37.7. The quantitative estimate of drug-likeness (QED) is 0.591. The Hall–Kier alpha value is -2.76. The number of aryl methyl sites for hydroxylation is 1. The van der Waals surface area contributed by atoms with E-state index in [2.05, 4.69) is 10.6 Å². The van der Waals surface area contributed by atoms with Crippen molar-refractivity contribution in [3.63, 3.8) is 0 Å². The number of nitrogens with zero attached hydrogens (tertiary/aromatic N) is 1. The number of nitrogens with one attached hydrogen (secondary N) is 2. The van der Waals surface area contributed by atoms with E-state index < -0.39 is 27.9 Å². The predicted molar refractivity (Wildman–Crippen MR) is 125 cm³/mol. The van der Waals surface area contributed by atoms with Crippen LogP contribution in [-0.2, 0) is 22.9 Å². The molecule has 2 aliphatic rings. The maximum absolute atomic E-state index is 12.9. The Morgan fingerprint density at radius 3 is 2.48 bits per heavy atom. The second-order valence-electron chi connectivity index (χ2n) is 8.47. The van der Waals surface area contributed by atoms with Gasteiger partial charge in [0.1, 0.15) is 5.00 Å². The van der Waals surface area contributed by atoms with Gasteiger partial charge in [-0.25, -0.2) is 13.2 Å². The zero-order valence-corrected chi connectivity index (χ0v) is 19.9. The fourth-order valence-corrected chi connectivity index (χ4v) is 7.25. The first-order valence-corrected chi connectivity index (χ1v) is 13.1. The van der Waals surface area contributed by atoms with Gasteiger partial charge in [0.2, 0.25) is 10.0 Å². The minimum atomic E-state index is -3.62. The number of hydrogen-bond acceptors (Lipinski definition) is 6. The van der Waals surface area contributed by atoms with Crippen LogP contribution in [0.1, 0.15) is 57.3 Å². The van der Waals surface area contributed by atoms with Gasteiger partial charge in [-0.05, 0) is 67.9 Å². The first-order valence-electron chi connectivity index (χ1n) is 10.8. The molecule has 1 unspecified atom stereocenters. The molecule has 1 aromatic carbocycles. The maximum atomic E-state index is 12.9. The van der Waals surface area contributed by atoms with Crippen LogP contribution in [-0.4, -0.2) is 43.7 Å². The minimum Gasteiger partial charge on any atom is -0.351 e. The van der Waals surface area contributed by atoms with Gasteiger partial charge in [0.25, 0.3) is 11.8 Å². The number of fused-ring (bicyclic) bond motifs is 1. The number of imide groups is 1. The molecule has 1 saturated heterocycles. The van der Waals surface area contributed by atoms with Crippen LogP contribution in [0.3, 0.4) is 0 Å². The molecule has 2 heterocycles. The Balaban J connectivity index is 1.53. The van der Waals surface area contributed by atoms with Crippen LogP contribution in [0.5, 0.6) is 0 Å². The number of sulfonamides is 1. The molecular weight excluding hydrogens is 464 g/mol. The lowest BCUT2D eigenvalue weighted by Crippen LogP contribution is -2.39. The molecule has 4 N–H and O–H groups in total. The average molecular weight is 491 g/mol. The molecule has 1 aliphatic heterocycles. The Morgan fingerprint density at radius 1 is 1.09 bits per heavy atom. The largest absolute Gasteiger partial charge is 0.351 e. The van der Waals surface area contributed by atoms with E-state index in [4.69, 9.17) is 5.73 Å². The first-order chi connectivity index (χ1) is 15.7. The highest BCUT2D eigenvalue weighted by atomic mass is 32.2. The molecule has 4 amide bonds. The molecule has 0 bridgehead atoms. The molecule has 1 atom stereocenters. The Morgan fingerprint density at radius 2 is 1.82 bits per heavy atom. The number of nitrogens with two attached hydrogens (primary N) is 1. The van der Waals surface area contributed by atoms with E-state index in [1.54, 1.807) is 0 Å². The Bertz CT molecular complexity index is 1200. The number of carbonyl (C=O) groups excluding carboxylic acids is 3. The van der Waals surface area contributed by atoms with Gasteiger partial charge < -0.3 is 11.1 Å². The third-order valence-electron chi connectivity index (χ3n) is 5.99. The number of hydrogen-bond donors (Lipinski definition) is 3. The van der Waals surface area contributed by atoms with Crippen LogP contribution in [0.2, 0.25) is 0 Å². The number of anilines is 1. The highest BCUT2D eigenvalue weighted by molar-refractivity contribution is 7.89. The predicted octanol–water partition coefficient (Wildman–Crippen LogP) is 2.72.